The number of carbonyl (C=O) groups is 2. The van der Waals surface area contributed by atoms with Crippen LogP contribution >= 0.6 is 0 Å². The normalized spacial score (nSPS) is 11.9. The topological polar surface area (TPSA) is 103 Å². The molecule has 7 heteroatoms. The lowest BCUT2D eigenvalue weighted by atomic mass is 10.0. The Hall–Kier alpha value is -2.28. The number of benzene rings is 1. The van der Waals surface area contributed by atoms with Crippen LogP contribution in [-0.4, -0.2) is 32.2 Å². The minimum Gasteiger partial charge on any atom is -0.493 e. The molecule has 1 atom stereocenters. The predicted octanol–water partition coefficient (Wildman–Crippen LogP) is 1.01. The lowest BCUT2D eigenvalue weighted by Crippen LogP contribution is -2.50. The Morgan fingerprint density at radius 2 is 1.82 bits per heavy atom. The highest BCUT2D eigenvalue weighted by atomic mass is 16.5. The van der Waals surface area contributed by atoms with Gasteiger partial charge in [0.1, 0.15) is 0 Å². The minimum absolute atomic E-state index is 0.000469. The number of ether oxygens (including phenoxy) is 2. The Labute approximate surface area is 130 Å². The zero-order valence-corrected chi connectivity index (χ0v) is 13.3. The van der Waals surface area contributed by atoms with Crippen LogP contribution in [-0.2, 0) is 11.3 Å². The van der Waals surface area contributed by atoms with E-state index in [2.05, 4.69) is 10.6 Å². The van der Waals surface area contributed by atoms with Gasteiger partial charge in [-0.2, -0.15) is 0 Å². The van der Waals surface area contributed by atoms with Crippen LogP contribution < -0.4 is 25.8 Å². The highest BCUT2D eigenvalue weighted by molar-refractivity contribution is 5.96. The molecule has 1 aromatic rings. The maximum atomic E-state index is 11.9. The molecule has 4 N–H and O–H groups in total. The van der Waals surface area contributed by atoms with Crippen LogP contribution in [0.2, 0.25) is 0 Å². The number of nitrogens with one attached hydrogen (secondary N) is 2. The number of hydrogen-bond acceptors (Lipinski definition) is 5. The summed E-state index contributed by atoms with van der Waals surface area (Å²) in [4.78, 5) is 22.7. The molecule has 0 saturated heterocycles. The van der Waals surface area contributed by atoms with Gasteiger partial charge in [0.15, 0.2) is 11.5 Å². The van der Waals surface area contributed by atoms with Crippen molar-refractivity contribution in [2.24, 2.45) is 11.7 Å². The SMILES string of the molecule is COc1ccc(CN[C@@H](C(=O)NC(N)=O)C(C)C)cc1OC. The van der Waals surface area contributed by atoms with E-state index in [1.54, 1.807) is 20.3 Å². The summed E-state index contributed by atoms with van der Waals surface area (Å²) in [7, 11) is 3.13. The van der Waals surface area contributed by atoms with Crippen molar-refractivity contribution in [1.29, 1.82) is 0 Å². The van der Waals surface area contributed by atoms with Crippen molar-refractivity contribution < 1.29 is 19.1 Å². The largest absolute Gasteiger partial charge is 0.493 e. The summed E-state index contributed by atoms with van der Waals surface area (Å²) in [5.74, 6) is 0.810. The van der Waals surface area contributed by atoms with Gasteiger partial charge in [-0.15, -0.1) is 0 Å². The zero-order valence-electron chi connectivity index (χ0n) is 13.3. The number of nitrogens with two attached hydrogens (primary N) is 1. The van der Waals surface area contributed by atoms with E-state index in [1.807, 2.05) is 26.0 Å². The third-order valence-electron chi connectivity index (χ3n) is 3.17. The molecule has 0 unspecified atom stereocenters. The van der Waals surface area contributed by atoms with Crippen molar-refractivity contribution in [1.82, 2.24) is 10.6 Å². The van der Waals surface area contributed by atoms with Gasteiger partial charge in [0.05, 0.1) is 20.3 Å². The highest BCUT2D eigenvalue weighted by Gasteiger charge is 2.22. The standard InChI is InChI=1S/C15H23N3O4/c1-9(2)13(14(19)18-15(16)20)17-8-10-5-6-11(21-3)12(7-10)22-4/h5-7,9,13,17H,8H2,1-4H3,(H3,16,18,19,20)/t13-/m1/s1. The molecule has 0 saturated carbocycles. The molecule has 22 heavy (non-hydrogen) atoms. The Bertz CT molecular complexity index is 532. The molecule has 0 spiro atoms. The summed E-state index contributed by atoms with van der Waals surface area (Å²) < 4.78 is 10.4. The monoisotopic (exact) mass is 309 g/mol. The first-order valence-corrected chi connectivity index (χ1v) is 6.93. The number of carbonyl (C=O) groups excluding carboxylic acids is 2. The van der Waals surface area contributed by atoms with Crippen LogP contribution in [0.25, 0.3) is 0 Å². The fourth-order valence-corrected chi connectivity index (χ4v) is 2.05. The van der Waals surface area contributed by atoms with E-state index in [9.17, 15) is 9.59 Å². The second-order valence-electron chi connectivity index (χ2n) is 5.15. The fourth-order valence-electron chi connectivity index (χ4n) is 2.05. The van der Waals surface area contributed by atoms with Crippen molar-refractivity contribution in [3.05, 3.63) is 23.8 Å². The first-order chi connectivity index (χ1) is 10.4. The van der Waals surface area contributed by atoms with Crippen LogP contribution in [0.1, 0.15) is 19.4 Å². The van der Waals surface area contributed by atoms with Gasteiger partial charge in [-0.05, 0) is 23.6 Å². The molecular formula is C15H23N3O4. The molecule has 0 aliphatic carbocycles. The Balaban J connectivity index is 2.77. The average Bonchev–Trinajstić information content (AvgIpc) is 2.46. The van der Waals surface area contributed by atoms with Gasteiger partial charge in [-0.25, -0.2) is 4.79 Å². The van der Waals surface area contributed by atoms with E-state index < -0.39 is 18.0 Å². The maximum absolute atomic E-state index is 11.9. The van der Waals surface area contributed by atoms with E-state index in [0.717, 1.165) is 5.56 Å². The fraction of sp³-hybridized carbons (Fsp3) is 0.467. The van der Waals surface area contributed by atoms with Crippen LogP contribution in [0, 0.1) is 5.92 Å². The number of hydrogen-bond donors (Lipinski definition) is 3. The first kappa shape index (κ1) is 17.8. The van der Waals surface area contributed by atoms with Crippen molar-refractivity contribution in [2.45, 2.75) is 26.4 Å². The molecule has 0 bridgehead atoms. The molecule has 0 aromatic heterocycles. The van der Waals surface area contributed by atoms with Crippen molar-refractivity contribution in [2.75, 3.05) is 14.2 Å². The maximum Gasteiger partial charge on any atom is 0.318 e. The lowest BCUT2D eigenvalue weighted by molar-refractivity contribution is -0.123. The molecule has 0 aliphatic heterocycles. The molecule has 1 aromatic carbocycles. The number of rotatable bonds is 7. The Morgan fingerprint density at radius 1 is 1.18 bits per heavy atom. The number of urea groups is 1. The van der Waals surface area contributed by atoms with Gasteiger partial charge in [0.25, 0.3) is 0 Å². The van der Waals surface area contributed by atoms with Crippen molar-refractivity contribution in [3.63, 3.8) is 0 Å². The van der Waals surface area contributed by atoms with Gasteiger partial charge in [0, 0.05) is 6.54 Å². The Morgan fingerprint density at radius 3 is 2.32 bits per heavy atom. The number of primary amides is 1. The third-order valence-corrected chi connectivity index (χ3v) is 3.17. The van der Waals surface area contributed by atoms with Crippen LogP contribution in [0.3, 0.4) is 0 Å². The third kappa shape index (κ3) is 4.92. The summed E-state index contributed by atoms with van der Waals surface area (Å²) in [5.41, 5.74) is 5.91. The second kappa shape index (κ2) is 8.23. The number of imide groups is 1. The molecular weight excluding hydrogens is 286 g/mol. The number of methoxy groups -OCH3 is 2. The quantitative estimate of drug-likeness (QED) is 0.697. The van der Waals surface area contributed by atoms with E-state index in [0.29, 0.717) is 18.0 Å². The van der Waals surface area contributed by atoms with Gasteiger partial charge in [-0.1, -0.05) is 19.9 Å². The van der Waals surface area contributed by atoms with Gasteiger partial charge in [-0.3, -0.25) is 10.1 Å². The van der Waals surface area contributed by atoms with E-state index in [1.165, 1.54) is 0 Å². The summed E-state index contributed by atoms with van der Waals surface area (Å²) >= 11 is 0. The van der Waals surface area contributed by atoms with E-state index >= 15 is 0 Å². The van der Waals surface area contributed by atoms with Crippen molar-refractivity contribution in [3.8, 4) is 11.5 Å². The molecule has 0 aliphatic rings. The Kier molecular flexibility index (Phi) is 6.65. The van der Waals surface area contributed by atoms with Crippen LogP contribution in [0.4, 0.5) is 4.79 Å². The second-order valence-corrected chi connectivity index (χ2v) is 5.15. The summed E-state index contributed by atoms with van der Waals surface area (Å²) in [6.45, 7) is 4.20. The molecule has 0 heterocycles. The molecule has 122 valence electrons. The van der Waals surface area contributed by atoms with Crippen LogP contribution in [0.5, 0.6) is 11.5 Å². The van der Waals surface area contributed by atoms with Crippen LogP contribution in [0.15, 0.2) is 18.2 Å². The lowest BCUT2D eigenvalue weighted by Gasteiger charge is -2.21. The highest BCUT2D eigenvalue weighted by Crippen LogP contribution is 2.27. The average molecular weight is 309 g/mol. The van der Waals surface area contributed by atoms with E-state index in [4.69, 9.17) is 15.2 Å². The summed E-state index contributed by atoms with van der Waals surface area (Å²) in [6.07, 6.45) is 0. The molecule has 0 radical (unpaired) electrons. The molecule has 1 rings (SSSR count). The number of amides is 3. The van der Waals surface area contributed by atoms with Gasteiger partial charge >= 0.3 is 6.03 Å². The van der Waals surface area contributed by atoms with Gasteiger partial charge in [0.2, 0.25) is 5.91 Å². The minimum atomic E-state index is -0.858. The summed E-state index contributed by atoms with van der Waals surface area (Å²) in [5, 5.41) is 5.21. The van der Waals surface area contributed by atoms with E-state index in [-0.39, 0.29) is 5.92 Å². The van der Waals surface area contributed by atoms with Crippen molar-refractivity contribution >= 4 is 11.9 Å². The summed E-state index contributed by atoms with van der Waals surface area (Å²) in [6, 6.07) is 4.11. The smallest absolute Gasteiger partial charge is 0.318 e. The van der Waals surface area contributed by atoms with Gasteiger partial charge < -0.3 is 20.5 Å². The molecule has 7 nitrogen and oxygen atoms in total. The predicted molar refractivity (Wildman–Crippen MR) is 82.7 cm³/mol. The zero-order chi connectivity index (χ0) is 16.7. The first-order valence-electron chi connectivity index (χ1n) is 6.93. The molecule has 3 amide bonds. The molecule has 0 fully saturated rings.